The van der Waals surface area contributed by atoms with Crippen LogP contribution < -0.4 is 11.4 Å². The molecule has 0 unspecified atom stereocenters. The highest BCUT2D eigenvalue weighted by Crippen LogP contribution is 2.25. The summed E-state index contributed by atoms with van der Waals surface area (Å²) in [4.78, 5) is 27.5. The van der Waals surface area contributed by atoms with Gasteiger partial charge in [-0.1, -0.05) is 59.8 Å². The zero-order valence-electron chi connectivity index (χ0n) is 16.7. The predicted molar refractivity (Wildman–Crippen MR) is 117 cm³/mol. The summed E-state index contributed by atoms with van der Waals surface area (Å²) in [6.07, 6.45) is 0. The van der Waals surface area contributed by atoms with Crippen LogP contribution in [-0.2, 0) is 11.3 Å². The van der Waals surface area contributed by atoms with Crippen LogP contribution >= 0.6 is 0 Å². The van der Waals surface area contributed by atoms with Crippen molar-refractivity contribution in [3.8, 4) is 11.1 Å². The number of imidazole rings is 1. The van der Waals surface area contributed by atoms with E-state index in [0.717, 1.165) is 16.7 Å². The van der Waals surface area contributed by atoms with Gasteiger partial charge in [-0.05, 0) is 28.8 Å². The number of esters is 1. The lowest BCUT2D eigenvalue weighted by molar-refractivity contribution is 0.0602. The van der Waals surface area contributed by atoms with Gasteiger partial charge in [0.05, 0.1) is 30.3 Å². The summed E-state index contributed by atoms with van der Waals surface area (Å²) < 4.78 is 6.37. The number of oxime groups is 1. The molecule has 0 radical (unpaired) electrons. The molecule has 0 amide bonds. The molecule has 3 aromatic carbocycles. The van der Waals surface area contributed by atoms with E-state index in [1.165, 1.54) is 11.7 Å². The van der Waals surface area contributed by atoms with Crippen LogP contribution in [-0.4, -0.2) is 33.7 Å². The Hall–Kier alpha value is -4.33. The van der Waals surface area contributed by atoms with Crippen LogP contribution in [0.25, 0.3) is 22.2 Å². The van der Waals surface area contributed by atoms with Crippen LogP contribution in [0.3, 0.4) is 0 Å². The molecule has 1 heterocycles. The first-order valence-electron chi connectivity index (χ1n) is 9.49. The lowest BCUT2D eigenvalue weighted by Gasteiger charge is -2.10. The average molecular weight is 416 g/mol. The molecule has 0 aliphatic rings. The lowest BCUT2D eigenvalue weighted by atomic mass is 9.98. The minimum absolute atomic E-state index is 0.0281. The van der Waals surface area contributed by atoms with Crippen molar-refractivity contribution in [2.75, 3.05) is 7.11 Å². The second-order valence-corrected chi connectivity index (χ2v) is 6.94. The minimum atomic E-state index is -0.506. The van der Waals surface area contributed by atoms with Gasteiger partial charge in [0.15, 0.2) is 5.84 Å². The number of carbonyl (C=O) groups excluding carboxylic acids is 1. The van der Waals surface area contributed by atoms with E-state index >= 15 is 0 Å². The van der Waals surface area contributed by atoms with E-state index < -0.39 is 5.97 Å². The highest BCUT2D eigenvalue weighted by atomic mass is 16.5. The molecule has 31 heavy (non-hydrogen) atoms. The Morgan fingerprint density at radius 2 is 1.77 bits per heavy atom. The summed E-state index contributed by atoms with van der Waals surface area (Å²) in [7, 11) is 1.31. The Kier molecular flexibility index (Phi) is 5.28. The first-order chi connectivity index (χ1) is 15.0. The minimum Gasteiger partial charge on any atom is -0.465 e. The third kappa shape index (κ3) is 3.66. The van der Waals surface area contributed by atoms with Crippen LogP contribution in [0.1, 0.15) is 21.5 Å². The molecule has 8 heteroatoms. The number of nitrogens with zero attached hydrogens (tertiary/aromatic N) is 2. The van der Waals surface area contributed by atoms with Crippen molar-refractivity contribution in [1.29, 1.82) is 0 Å². The van der Waals surface area contributed by atoms with Gasteiger partial charge in [-0.3, -0.25) is 4.57 Å². The van der Waals surface area contributed by atoms with Gasteiger partial charge in [0.2, 0.25) is 0 Å². The fourth-order valence-electron chi connectivity index (χ4n) is 3.63. The fourth-order valence-corrected chi connectivity index (χ4v) is 3.63. The van der Waals surface area contributed by atoms with E-state index in [0.29, 0.717) is 22.2 Å². The number of ether oxygens (including phenoxy) is 1. The summed E-state index contributed by atoms with van der Waals surface area (Å²) >= 11 is 0. The first kappa shape index (κ1) is 20.0. The van der Waals surface area contributed by atoms with Crippen molar-refractivity contribution < 1.29 is 14.7 Å². The molecule has 4 rings (SSSR count). The quantitative estimate of drug-likeness (QED) is 0.152. The van der Waals surface area contributed by atoms with Crippen LogP contribution in [0.2, 0.25) is 0 Å². The maximum Gasteiger partial charge on any atom is 0.340 e. The topological polar surface area (TPSA) is 123 Å². The molecule has 1 aromatic heterocycles. The number of hydrogen-bond donors (Lipinski definition) is 3. The van der Waals surface area contributed by atoms with E-state index in [-0.39, 0.29) is 18.1 Å². The maximum atomic E-state index is 12.6. The monoisotopic (exact) mass is 416 g/mol. The summed E-state index contributed by atoms with van der Waals surface area (Å²) in [5, 5.41) is 12.1. The number of nitrogens with two attached hydrogens (primary N) is 1. The van der Waals surface area contributed by atoms with E-state index in [9.17, 15) is 9.59 Å². The highest BCUT2D eigenvalue weighted by molar-refractivity contribution is 6.03. The Morgan fingerprint density at radius 3 is 2.48 bits per heavy atom. The maximum absolute atomic E-state index is 12.6. The number of nitrogens with one attached hydrogen (secondary N) is 1. The molecular formula is C23H20N4O4. The molecular weight excluding hydrogens is 396 g/mol. The van der Waals surface area contributed by atoms with Gasteiger partial charge in [-0.2, -0.15) is 0 Å². The van der Waals surface area contributed by atoms with Crippen molar-refractivity contribution in [3.05, 3.63) is 93.9 Å². The van der Waals surface area contributed by atoms with Gasteiger partial charge in [0, 0.05) is 5.56 Å². The van der Waals surface area contributed by atoms with Crippen molar-refractivity contribution >= 4 is 22.8 Å². The first-order valence-corrected chi connectivity index (χ1v) is 9.49. The SMILES string of the molecule is COC(=O)c1cccc2[nH]c(=O)n(Cc3ccc(-c4ccccc4/C(N)=N/O)cc3)c12. The number of aromatic amines is 1. The molecule has 8 nitrogen and oxygen atoms in total. The van der Waals surface area contributed by atoms with Gasteiger partial charge in [0.1, 0.15) is 0 Å². The van der Waals surface area contributed by atoms with Crippen LogP contribution in [0, 0.1) is 0 Å². The van der Waals surface area contributed by atoms with E-state index in [1.54, 1.807) is 24.3 Å². The Labute approximate surface area is 177 Å². The van der Waals surface area contributed by atoms with E-state index in [4.69, 9.17) is 15.7 Å². The zero-order chi connectivity index (χ0) is 22.0. The van der Waals surface area contributed by atoms with Gasteiger partial charge in [-0.15, -0.1) is 0 Å². The van der Waals surface area contributed by atoms with Gasteiger partial charge in [-0.25, -0.2) is 9.59 Å². The molecule has 4 aromatic rings. The number of rotatable bonds is 5. The van der Waals surface area contributed by atoms with Crippen LogP contribution in [0.15, 0.2) is 76.7 Å². The number of fused-ring (bicyclic) bond motifs is 1. The van der Waals surface area contributed by atoms with Gasteiger partial charge >= 0.3 is 11.7 Å². The largest absolute Gasteiger partial charge is 0.465 e. The summed E-state index contributed by atoms with van der Waals surface area (Å²) in [5.41, 5.74) is 10.1. The number of para-hydroxylation sites is 1. The number of benzene rings is 3. The summed E-state index contributed by atoms with van der Waals surface area (Å²) in [6.45, 7) is 0.273. The van der Waals surface area contributed by atoms with Crippen LogP contribution in [0.4, 0.5) is 0 Å². The molecule has 4 N–H and O–H groups in total. The number of aromatic nitrogens is 2. The second-order valence-electron chi connectivity index (χ2n) is 6.94. The third-order valence-corrected chi connectivity index (χ3v) is 5.11. The lowest BCUT2D eigenvalue weighted by Crippen LogP contribution is -2.18. The summed E-state index contributed by atoms with van der Waals surface area (Å²) in [5.74, 6) is -0.478. The predicted octanol–water partition coefficient (Wildman–Crippen LogP) is 2.93. The molecule has 0 bridgehead atoms. The number of hydrogen-bond acceptors (Lipinski definition) is 5. The second kappa shape index (κ2) is 8.19. The Morgan fingerprint density at radius 1 is 1.06 bits per heavy atom. The Balaban J connectivity index is 1.72. The zero-order valence-corrected chi connectivity index (χ0v) is 16.7. The normalized spacial score (nSPS) is 11.6. The highest BCUT2D eigenvalue weighted by Gasteiger charge is 2.17. The molecule has 0 aliphatic carbocycles. The smallest absolute Gasteiger partial charge is 0.340 e. The van der Waals surface area contributed by atoms with Crippen LogP contribution in [0.5, 0.6) is 0 Å². The molecule has 0 spiro atoms. The molecule has 0 saturated heterocycles. The standard InChI is InChI=1S/C23H20N4O4/c1-31-22(28)18-7-4-8-19-20(18)27(23(29)25-19)13-14-9-11-15(12-10-14)16-5-2-3-6-17(16)21(24)26-30/h2-12,30H,13H2,1H3,(H2,24,26)(H,25,29). The molecule has 0 fully saturated rings. The molecule has 0 aliphatic heterocycles. The number of amidine groups is 1. The molecule has 156 valence electrons. The van der Waals surface area contributed by atoms with Crippen molar-refractivity contribution in [3.63, 3.8) is 0 Å². The number of methoxy groups -OCH3 is 1. The van der Waals surface area contributed by atoms with E-state index in [2.05, 4.69) is 10.1 Å². The van der Waals surface area contributed by atoms with Crippen molar-refractivity contribution in [2.24, 2.45) is 10.9 Å². The van der Waals surface area contributed by atoms with Crippen molar-refractivity contribution in [2.45, 2.75) is 6.54 Å². The molecule has 0 atom stereocenters. The number of carbonyl (C=O) groups is 1. The Bertz CT molecular complexity index is 1350. The molecule has 0 saturated carbocycles. The average Bonchev–Trinajstić information content (AvgIpc) is 3.13. The van der Waals surface area contributed by atoms with E-state index in [1.807, 2.05) is 42.5 Å². The van der Waals surface area contributed by atoms with Gasteiger partial charge in [0.25, 0.3) is 0 Å². The van der Waals surface area contributed by atoms with Crippen molar-refractivity contribution in [1.82, 2.24) is 9.55 Å². The fraction of sp³-hybridized carbons (Fsp3) is 0.0870. The third-order valence-electron chi connectivity index (χ3n) is 5.11. The number of H-pyrrole nitrogens is 1. The van der Waals surface area contributed by atoms with Gasteiger partial charge < -0.3 is 20.7 Å². The summed E-state index contributed by atoms with van der Waals surface area (Å²) in [6, 6.07) is 20.0.